The molecule has 0 aliphatic heterocycles. The van der Waals surface area contributed by atoms with E-state index < -0.39 is 17.0 Å². The molecular formula is C16H14ClNO5. The molecular weight excluding hydrogens is 322 g/mol. The van der Waals surface area contributed by atoms with Crippen molar-refractivity contribution < 1.29 is 19.2 Å². The lowest BCUT2D eigenvalue weighted by atomic mass is 10.1. The lowest BCUT2D eigenvalue weighted by Crippen LogP contribution is -2.10. The van der Waals surface area contributed by atoms with Crippen LogP contribution < -0.4 is 4.74 Å². The number of nitro groups is 1. The summed E-state index contributed by atoms with van der Waals surface area (Å²) in [6.07, 6.45) is -0.661. The summed E-state index contributed by atoms with van der Waals surface area (Å²) in [6.45, 7) is 1.63. The fraction of sp³-hybridized carbons (Fsp3) is 0.188. The molecule has 0 aliphatic rings. The van der Waals surface area contributed by atoms with Crippen LogP contribution in [0.25, 0.3) is 0 Å². The second kappa shape index (κ2) is 7.11. The number of hydrogen-bond acceptors (Lipinski definition) is 5. The number of esters is 1. The van der Waals surface area contributed by atoms with E-state index in [1.807, 2.05) is 0 Å². The van der Waals surface area contributed by atoms with Gasteiger partial charge in [0.05, 0.1) is 12.0 Å². The first-order chi connectivity index (χ1) is 10.9. The van der Waals surface area contributed by atoms with E-state index in [4.69, 9.17) is 21.1 Å². The van der Waals surface area contributed by atoms with Crippen molar-refractivity contribution >= 4 is 23.3 Å². The van der Waals surface area contributed by atoms with Gasteiger partial charge in [0, 0.05) is 17.2 Å². The average molecular weight is 336 g/mol. The highest BCUT2D eigenvalue weighted by Crippen LogP contribution is 2.27. The third-order valence-electron chi connectivity index (χ3n) is 3.22. The van der Waals surface area contributed by atoms with Crippen LogP contribution in [0.2, 0.25) is 5.02 Å². The van der Waals surface area contributed by atoms with Gasteiger partial charge in [-0.05, 0) is 30.7 Å². The summed E-state index contributed by atoms with van der Waals surface area (Å²) in [5, 5.41) is 11.2. The molecule has 6 nitrogen and oxygen atoms in total. The molecule has 0 radical (unpaired) electrons. The molecule has 0 heterocycles. The van der Waals surface area contributed by atoms with E-state index in [2.05, 4.69) is 0 Å². The number of nitrogens with zero attached hydrogens (tertiary/aromatic N) is 1. The molecule has 0 saturated carbocycles. The molecule has 23 heavy (non-hydrogen) atoms. The summed E-state index contributed by atoms with van der Waals surface area (Å²) < 4.78 is 10.5. The molecule has 0 bridgehead atoms. The number of benzene rings is 2. The quantitative estimate of drug-likeness (QED) is 0.465. The summed E-state index contributed by atoms with van der Waals surface area (Å²) >= 11 is 5.89. The second-order valence-electron chi connectivity index (χ2n) is 4.74. The van der Waals surface area contributed by atoms with Crippen LogP contribution in [0, 0.1) is 10.1 Å². The van der Waals surface area contributed by atoms with Crippen molar-refractivity contribution in [3.63, 3.8) is 0 Å². The van der Waals surface area contributed by atoms with Crippen molar-refractivity contribution in [1.82, 2.24) is 0 Å². The van der Waals surface area contributed by atoms with Gasteiger partial charge >= 0.3 is 5.97 Å². The fourth-order valence-electron chi connectivity index (χ4n) is 2.02. The van der Waals surface area contributed by atoms with E-state index in [0.29, 0.717) is 16.3 Å². The van der Waals surface area contributed by atoms with Gasteiger partial charge in [0.1, 0.15) is 17.4 Å². The van der Waals surface area contributed by atoms with Gasteiger partial charge < -0.3 is 9.47 Å². The van der Waals surface area contributed by atoms with E-state index in [0.717, 1.165) is 0 Å². The Balaban J connectivity index is 2.21. The topological polar surface area (TPSA) is 78.7 Å². The Morgan fingerprint density at radius 2 is 2.00 bits per heavy atom. The van der Waals surface area contributed by atoms with Gasteiger partial charge in [-0.15, -0.1) is 0 Å². The van der Waals surface area contributed by atoms with Crippen molar-refractivity contribution in [2.75, 3.05) is 7.11 Å². The lowest BCUT2D eigenvalue weighted by molar-refractivity contribution is -0.385. The van der Waals surface area contributed by atoms with E-state index in [1.165, 1.54) is 31.4 Å². The zero-order valence-corrected chi connectivity index (χ0v) is 13.2. The molecule has 2 aromatic rings. The predicted octanol–water partition coefficient (Wildman–Crippen LogP) is 4.17. The highest BCUT2D eigenvalue weighted by atomic mass is 35.5. The van der Waals surface area contributed by atoms with Crippen LogP contribution in [0.3, 0.4) is 0 Å². The molecule has 0 spiro atoms. The minimum Gasteiger partial charge on any atom is -0.496 e. The maximum Gasteiger partial charge on any atom is 0.342 e. The summed E-state index contributed by atoms with van der Waals surface area (Å²) in [7, 11) is 1.43. The molecule has 2 rings (SSSR count). The minimum absolute atomic E-state index is 0.0641. The number of carbonyl (C=O) groups excluding carboxylic acids is 1. The van der Waals surface area contributed by atoms with Crippen molar-refractivity contribution in [3.8, 4) is 5.75 Å². The highest BCUT2D eigenvalue weighted by Gasteiger charge is 2.19. The molecule has 2 aromatic carbocycles. The van der Waals surface area contributed by atoms with E-state index in [9.17, 15) is 14.9 Å². The number of ether oxygens (including phenoxy) is 2. The van der Waals surface area contributed by atoms with Gasteiger partial charge in [-0.1, -0.05) is 23.7 Å². The molecule has 120 valence electrons. The maximum atomic E-state index is 12.3. The second-order valence-corrected chi connectivity index (χ2v) is 5.18. The monoisotopic (exact) mass is 335 g/mol. The summed E-state index contributed by atoms with van der Waals surface area (Å²) in [5.41, 5.74) is 0.650. The number of halogens is 1. The van der Waals surface area contributed by atoms with Crippen LogP contribution in [0.5, 0.6) is 5.75 Å². The Hall–Kier alpha value is -2.60. The molecule has 1 atom stereocenters. The Labute approximate surface area is 137 Å². The largest absolute Gasteiger partial charge is 0.496 e. The third kappa shape index (κ3) is 3.98. The first-order valence-electron chi connectivity index (χ1n) is 6.71. The summed E-state index contributed by atoms with van der Waals surface area (Å²) in [4.78, 5) is 22.6. The van der Waals surface area contributed by atoms with Gasteiger partial charge in [-0.2, -0.15) is 0 Å². The average Bonchev–Trinajstić information content (AvgIpc) is 2.54. The number of rotatable bonds is 5. The van der Waals surface area contributed by atoms with Crippen molar-refractivity contribution in [3.05, 3.63) is 68.7 Å². The Morgan fingerprint density at radius 3 is 2.65 bits per heavy atom. The van der Waals surface area contributed by atoms with Gasteiger partial charge in [-0.3, -0.25) is 10.1 Å². The Bertz CT molecular complexity index is 747. The number of nitro benzene ring substituents is 1. The van der Waals surface area contributed by atoms with Crippen LogP contribution in [-0.2, 0) is 4.74 Å². The molecule has 0 N–H and O–H groups in total. The molecule has 0 fully saturated rings. The van der Waals surface area contributed by atoms with Crippen LogP contribution in [0.4, 0.5) is 5.69 Å². The van der Waals surface area contributed by atoms with E-state index in [-0.39, 0.29) is 11.3 Å². The SMILES string of the molecule is COc1ccc(Cl)cc1C(=O)OC(C)c1cccc([N+](=O)[O-])c1. The number of methoxy groups -OCH3 is 1. The van der Waals surface area contributed by atoms with Crippen molar-refractivity contribution in [2.24, 2.45) is 0 Å². The molecule has 0 aromatic heterocycles. The van der Waals surface area contributed by atoms with Gasteiger partial charge in [-0.25, -0.2) is 4.79 Å². The van der Waals surface area contributed by atoms with Gasteiger partial charge in [0.25, 0.3) is 5.69 Å². The molecule has 1 unspecified atom stereocenters. The van der Waals surface area contributed by atoms with Crippen molar-refractivity contribution in [2.45, 2.75) is 13.0 Å². The van der Waals surface area contributed by atoms with Crippen LogP contribution in [0.1, 0.15) is 28.9 Å². The first-order valence-corrected chi connectivity index (χ1v) is 7.09. The van der Waals surface area contributed by atoms with Crippen LogP contribution in [-0.4, -0.2) is 18.0 Å². The Kier molecular flexibility index (Phi) is 5.18. The molecule has 0 saturated heterocycles. The maximum absolute atomic E-state index is 12.3. The summed E-state index contributed by atoms with van der Waals surface area (Å²) in [6, 6.07) is 10.5. The van der Waals surface area contributed by atoms with Crippen LogP contribution >= 0.6 is 11.6 Å². The fourth-order valence-corrected chi connectivity index (χ4v) is 2.20. The normalized spacial score (nSPS) is 11.6. The zero-order chi connectivity index (χ0) is 17.0. The van der Waals surface area contributed by atoms with E-state index >= 15 is 0 Å². The van der Waals surface area contributed by atoms with Crippen molar-refractivity contribution in [1.29, 1.82) is 0 Å². The molecule has 0 amide bonds. The molecule has 7 heteroatoms. The number of hydrogen-bond donors (Lipinski definition) is 0. The zero-order valence-electron chi connectivity index (χ0n) is 12.5. The molecule has 0 aliphatic carbocycles. The number of non-ortho nitro benzene ring substituents is 1. The van der Waals surface area contributed by atoms with Crippen LogP contribution in [0.15, 0.2) is 42.5 Å². The standard InChI is InChI=1S/C16H14ClNO5/c1-10(11-4-3-5-13(8-11)18(20)21)23-16(19)14-9-12(17)6-7-15(14)22-2/h3-10H,1-2H3. The third-order valence-corrected chi connectivity index (χ3v) is 3.45. The Morgan fingerprint density at radius 1 is 1.26 bits per heavy atom. The minimum atomic E-state index is -0.661. The predicted molar refractivity (Wildman–Crippen MR) is 84.9 cm³/mol. The van der Waals surface area contributed by atoms with E-state index in [1.54, 1.807) is 25.1 Å². The lowest BCUT2D eigenvalue weighted by Gasteiger charge is -2.15. The first kappa shape index (κ1) is 16.8. The smallest absolute Gasteiger partial charge is 0.342 e. The van der Waals surface area contributed by atoms with Gasteiger partial charge in [0.15, 0.2) is 0 Å². The van der Waals surface area contributed by atoms with Gasteiger partial charge in [0.2, 0.25) is 0 Å². The number of carbonyl (C=O) groups is 1. The highest BCUT2D eigenvalue weighted by molar-refractivity contribution is 6.31. The summed E-state index contributed by atoms with van der Waals surface area (Å²) in [5.74, 6) is -0.283.